The summed E-state index contributed by atoms with van der Waals surface area (Å²) in [5, 5.41) is 11.3. The largest absolute Gasteiger partial charge is 0.347 e. The highest BCUT2D eigenvalue weighted by Gasteiger charge is 2.19. The molecule has 0 aliphatic rings. The molecule has 3 N–H and O–H groups in total. The molecule has 192 valence electrons. The van der Waals surface area contributed by atoms with E-state index in [-0.39, 0.29) is 23.9 Å². The zero-order valence-corrected chi connectivity index (χ0v) is 21.7. The molecule has 5 rings (SSSR count). The van der Waals surface area contributed by atoms with Gasteiger partial charge in [0.15, 0.2) is 0 Å². The second kappa shape index (κ2) is 10.3. The van der Waals surface area contributed by atoms with E-state index in [9.17, 15) is 9.59 Å². The number of nitrogens with zero attached hydrogens (tertiary/aromatic N) is 4. The van der Waals surface area contributed by atoms with Crippen LogP contribution in [0, 0.1) is 6.92 Å². The number of carbonyl (C=O) groups is 2. The zero-order chi connectivity index (χ0) is 26.8. The van der Waals surface area contributed by atoms with E-state index < -0.39 is 0 Å². The van der Waals surface area contributed by atoms with Gasteiger partial charge in [-0.3, -0.25) is 14.3 Å². The molecule has 0 saturated heterocycles. The van der Waals surface area contributed by atoms with Crippen molar-refractivity contribution >= 4 is 22.7 Å². The van der Waals surface area contributed by atoms with E-state index in [0.717, 1.165) is 27.7 Å². The number of hydrogen-bond acceptors (Lipinski definition) is 5. The number of aryl methyl sites for hydroxylation is 2. The second-order valence-corrected chi connectivity index (χ2v) is 9.41. The molecule has 0 radical (unpaired) electrons. The van der Waals surface area contributed by atoms with Crippen LogP contribution in [0.15, 0.2) is 73.3 Å². The van der Waals surface area contributed by atoms with Crippen LogP contribution in [0.1, 0.15) is 63.6 Å². The molecular formula is C29H29N7O2. The van der Waals surface area contributed by atoms with Crippen molar-refractivity contribution in [3.8, 4) is 11.3 Å². The summed E-state index contributed by atoms with van der Waals surface area (Å²) in [7, 11) is 1.87. The van der Waals surface area contributed by atoms with Crippen molar-refractivity contribution < 1.29 is 9.59 Å². The monoisotopic (exact) mass is 507 g/mol. The number of aromatic nitrogens is 5. The van der Waals surface area contributed by atoms with Crippen molar-refractivity contribution in [2.45, 2.75) is 32.9 Å². The van der Waals surface area contributed by atoms with Crippen molar-refractivity contribution in [2.75, 3.05) is 0 Å². The standard InChI is InChI=1S/C29H29N7O2/c1-17-13-20(28(37)34-19(3)27-30-11-12-31-27)9-10-22(17)29(38)33-18(2)24-14-26(21-15-32-36(4)16-21)35-25-8-6-5-7-23(24)25/h5-16,18-19H,1-4H3,(H,30,31)(H,33,38)(H,34,37)/t18-,19?/m1/s1. The second-order valence-electron chi connectivity index (χ2n) is 9.41. The van der Waals surface area contributed by atoms with Crippen molar-refractivity contribution in [3.63, 3.8) is 0 Å². The van der Waals surface area contributed by atoms with Gasteiger partial charge in [-0.25, -0.2) is 9.97 Å². The summed E-state index contributed by atoms with van der Waals surface area (Å²) in [4.78, 5) is 38.0. The fourth-order valence-electron chi connectivity index (χ4n) is 4.54. The summed E-state index contributed by atoms with van der Waals surface area (Å²) in [5.74, 6) is 0.230. The highest BCUT2D eigenvalue weighted by molar-refractivity contribution is 5.99. The van der Waals surface area contributed by atoms with Crippen molar-refractivity contribution in [1.29, 1.82) is 0 Å². The molecule has 9 nitrogen and oxygen atoms in total. The number of rotatable bonds is 7. The topological polar surface area (TPSA) is 118 Å². The molecule has 0 aliphatic heterocycles. The molecular weight excluding hydrogens is 478 g/mol. The number of aromatic amines is 1. The van der Waals surface area contributed by atoms with E-state index in [1.807, 2.05) is 64.3 Å². The van der Waals surface area contributed by atoms with Crippen molar-refractivity contribution in [3.05, 3.63) is 101 Å². The molecule has 38 heavy (non-hydrogen) atoms. The van der Waals surface area contributed by atoms with Gasteiger partial charge in [0, 0.05) is 47.7 Å². The SMILES string of the molecule is Cc1cc(C(=O)NC(C)c2ncc[nH]2)ccc1C(=O)N[C@H](C)c1cc(-c2cnn(C)c2)nc2ccccc12. The Kier molecular flexibility index (Phi) is 6.74. The van der Waals surface area contributed by atoms with Crippen LogP contribution in [-0.2, 0) is 7.05 Å². The highest BCUT2D eigenvalue weighted by atomic mass is 16.2. The summed E-state index contributed by atoms with van der Waals surface area (Å²) in [6.07, 6.45) is 7.05. The molecule has 3 heterocycles. The van der Waals surface area contributed by atoms with E-state index in [0.29, 0.717) is 22.5 Å². The quantitative estimate of drug-likeness (QED) is 0.296. The van der Waals surface area contributed by atoms with Crippen LogP contribution >= 0.6 is 0 Å². The third-order valence-electron chi connectivity index (χ3n) is 6.57. The minimum Gasteiger partial charge on any atom is -0.347 e. The first-order valence-corrected chi connectivity index (χ1v) is 12.4. The van der Waals surface area contributed by atoms with E-state index in [1.54, 1.807) is 41.5 Å². The molecule has 3 aromatic heterocycles. The Morgan fingerprint density at radius 1 is 1.00 bits per heavy atom. The van der Waals surface area contributed by atoms with Crippen LogP contribution < -0.4 is 10.6 Å². The first-order valence-electron chi connectivity index (χ1n) is 12.4. The molecule has 0 aliphatic carbocycles. The Morgan fingerprint density at radius 2 is 1.79 bits per heavy atom. The van der Waals surface area contributed by atoms with Crippen molar-refractivity contribution in [2.24, 2.45) is 7.05 Å². The normalized spacial score (nSPS) is 12.7. The van der Waals surface area contributed by atoms with E-state index >= 15 is 0 Å². The Bertz CT molecular complexity index is 1620. The zero-order valence-electron chi connectivity index (χ0n) is 21.7. The van der Waals surface area contributed by atoms with Gasteiger partial charge in [-0.05, 0) is 62.2 Å². The number of para-hydroxylation sites is 1. The molecule has 0 fully saturated rings. The van der Waals surface area contributed by atoms with Gasteiger partial charge in [0.1, 0.15) is 5.82 Å². The number of fused-ring (bicyclic) bond motifs is 1. The van der Waals surface area contributed by atoms with Gasteiger partial charge in [-0.2, -0.15) is 5.10 Å². The Balaban J connectivity index is 1.36. The van der Waals surface area contributed by atoms with Gasteiger partial charge in [0.25, 0.3) is 11.8 Å². The highest BCUT2D eigenvalue weighted by Crippen LogP contribution is 2.29. The number of pyridine rings is 1. The summed E-state index contributed by atoms with van der Waals surface area (Å²) in [6, 6.07) is 14.4. The van der Waals surface area contributed by atoms with Gasteiger partial charge in [-0.15, -0.1) is 0 Å². The lowest BCUT2D eigenvalue weighted by atomic mass is 9.99. The average Bonchev–Trinajstić information content (AvgIpc) is 3.60. The number of benzene rings is 2. The molecule has 1 unspecified atom stereocenters. The van der Waals surface area contributed by atoms with E-state index in [4.69, 9.17) is 4.98 Å². The number of amides is 2. The molecule has 0 saturated carbocycles. The maximum Gasteiger partial charge on any atom is 0.252 e. The summed E-state index contributed by atoms with van der Waals surface area (Å²) < 4.78 is 1.74. The Hall–Kier alpha value is -4.79. The smallest absolute Gasteiger partial charge is 0.252 e. The Morgan fingerprint density at radius 3 is 2.50 bits per heavy atom. The number of carbonyl (C=O) groups excluding carboxylic acids is 2. The van der Waals surface area contributed by atoms with Crippen LogP contribution in [0.3, 0.4) is 0 Å². The molecule has 2 amide bonds. The lowest BCUT2D eigenvalue weighted by Crippen LogP contribution is -2.29. The van der Waals surface area contributed by atoms with Gasteiger partial charge >= 0.3 is 0 Å². The summed E-state index contributed by atoms with van der Waals surface area (Å²) in [6.45, 7) is 5.64. The van der Waals surface area contributed by atoms with Gasteiger partial charge in [0.05, 0.1) is 29.5 Å². The number of nitrogens with one attached hydrogen (secondary N) is 3. The number of H-pyrrole nitrogens is 1. The van der Waals surface area contributed by atoms with E-state index in [2.05, 4.69) is 25.7 Å². The average molecular weight is 508 g/mol. The summed E-state index contributed by atoms with van der Waals surface area (Å²) >= 11 is 0. The fraction of sp³-hybridized carbons (Fsp3) is 0.207. The lowest BCUT2D eigenvalue weighted by molar-refractivity contribution is 0.0926. The third kappa shape index (κ3) is 5.04. The Labute approximate surface area is 220 Å². The fourth-order valence-corrected chi connectivity index (χ4v) is 4.54. The number of hydrogen-bond donors (Lipinski definition) is 3. The molecule has 2 atom stereocenters. The van der Waals surface area contributed by atoms with Crippen LogP contribution in [-0.4, -0.2) is 36.5 Å². The maximum absolute atomic E-state index is 13.3. The molecule has 9 heteroatoms. The predicted molar refractivity (Wildman–Crippen MR) is 145 cm³/mol. The van der Waals surface area contributed by atoms with Gasteiger partial charge < -0.3 is 15.6 Å². The summed E-state index contributed by atoms with van der Waals surface area (Å²) in [5.41, 5.74) is 5.21. The van der Waals surface area contributed by atoms with Crippen LogP contribution in [0.4, 0.5) is 0 Å². The van der Waals surface area contributed by atoms with E-state index in [1.165, 1.54) is 0 Å². The van der Waals surface area contributed by atoms with Gasteiger partial charge in [-0.1, -0.05) is 18.2 Å². The third-order valence-corrected chi connectivity index (χ3v) is 6.57. The van der Waals surface area contributed by atoms with Crippen LogP contribution in [0.2, 0.25) is 0 Å². The lowest BCUT2D eigenvalue weighted by Gasteiger charge is -2.19. The minimum absolute atomic E-state index is 0.213. The molecule has 0 bridgehead atoms. The molecule has 2 aromatic carbocycles. The van der Waals surface area contributed by atoms with Gasteiger partial charge in [0.2, 0.25) is 0 Å². The maximum atomic E-state index is 13.3. The van der Waals surface area contributed by atoms with Crippen molar-refractivity contribution in [1.82, 2.24) is 35.4 Å². The number of imidazole rings is 1. The first kappa shape index (κ1) is 24.9. The van der Waals surface area contributed by atoms with Crippen LogP contribution in [0.5, 0.6) is 0 Å². The van der Waals surface area contributed by atoms with Crippen LogP contribution in [0.25, 0.3) is 22.2 Å². The minimum atomic E-state index is -0.289. The predicted octanol–water partition coefficient (Wildman–Crippen LogP) is 4.65. The molecule has 5 aromatic rings. The first-order chi connectivity index (χ1) is 18.3. The molecule has 0 spiro atoms.